The van der Waals surface area contributed by atoms with Crippen molar-refractivity contribution in [2.75, 3.05) is 12.4 Å². The predicted octanol–water partition coefficient (Wildman–Crippen LogP) is 3.62. The number of phenols is 4. The van der Waals surface area contributed by atoms with Crippen molar-refractivity contribution in [1.29, 1.82) is 0 Å². The van der Waals surface area contributed by atoms with E-state index in [1.54, 1.807) is 6.92 Å². The van der Waals surface area contributed by atoms with E-state index in [4.69, 9.17) is 9.47 Å². The van der Waals surface area contributed by atoms with Crippen molar-refractivity contribution in [1.82, 2.24) is 0 Å². The van der Waals surface area contributed by atoms with Crippen LogP contribution in [0, 0.1) is 13.8 Å². The van der Waals surface area contributed by atoms with Crippen molar-refractivity contribution in [2.45, 2.75) is 44.8 Å². The number of allylic oxidation sites excluding steroid dienone is 1. The molecule has 2 unspecified atom stereocenters. The van der Waals surface area contributed by atoms with Crippen LogP contribution in [-0.4, -0.2) is 56.4 Å². The Morgan fingerprint density at radius 2 is 1.53 bits per heavy atom. The molecular formula is C26H30N2O8. The third kappa shape index (κ3) is 4.57. The van der Waals surface area contributed by atoms with Crippen molar-refractivity contribution in [3.63, 3.8) is 0 Å². The molecule has 0 saturated heterocycles. The van der Waals surface area contributed by atoms with Crippen molar-refractivity contribution < 1.29 is 40.1 Å². The number of nitrogens with zero attached hydrogens (tertiary/aromatic N) is 1. The molecule has 1 aliphatic rings. The fourth-order valence-electron chi connectivity index (χ4n) is 4.26. The molecule has 0 amide bonds. The number of ether oxygens (including phenoxy) is 2. The van der Waals surface area contributed by atoms with Gasteiger partial charge in [-0.25, -0.2) is 4.99 Å². The number of aliphatic hydroxyl groups is 2. The minimum Gasteiger partial charge on any atom is -0.507 e. The van der Waals surface area contributed by atoms with Gasteiger partial charge in [0.2, 0.25) is 5.88 Å². The molecule has 0 heterocycles. The summed E-state index contributed by atoms with van der Waals surface area (Å²) in [5, 5.41) is 67.4. The Kier molecular flexibility index (Phi) is 7.54. The van der Waals surface area contributed by atoms with Crippen LogP contribution in [0.25, 0.3) is 0 Å². The van der Waals surface area contributed by atoms with Gasteiger partial charge in [0, 0.05) is 46.2 Å². The minimum absolute atomic E-state index is 0.0686. The molecule has 3 rings (SSSR count). The number of aliphatic hydroxyl groups excluding tert-OH is 2. The average Bonchev–Trinajstić information content (AvgIpc) is 2.83. The molecule has 0 aliphatic heterocycles. The number of phenolic OH excluding ortho intramolecular Hbond substituents is 4. The zero-order valence-electron chi connectivity index (χ0n) is 20.4. The number of rotatable bonds is 8. The highest BCUT2D eigenvalue weighted by molar-refractivity contribution is 5.71. The number of methoxy groups -OCH3 is 1. The molecule has 0 radical (unpaired) electrons. The third-order valence-electron chi connectivity index (χ3n) is 6.31. The smallest absolute Gasteiger partial charge is 0.236 e. The van der Waals surface area contributed by atoms with E-state index in [2.05, 4.69) is 29.2 Å². The number of aromatic hydroxyl groups is 4. The molecule has 10 heteroatoms. The molecule has 2 aromatic carbocycles. The first-order chi connectivity index (χ1) is 16.9. The summed E-state index contributed by atoms with van der Waals surface area (Å²) in [6, 6.07) is 2.60. The van der Waals surface area contributed by atoms with Gasteiger partial charge in [-0.3, -0.25) is 0 Å². The number of nitrogens with one attached hydrogen (secondary N) is 1. The molecule has 2 atom stereocenters. The Labute approximate surface area is 208 Å². The molecule has 2 aromatic rings. The molecule has 1 aliphatic carbocycles. The molecule has 192 valence electrons. The molecule has 10 nitrogen and oxygen atoms in total. The SMILES string of the molecule is C=C=C(Nc1cc(O)c(C)c(O)c1C1C(O)C(c2c(N=COC(=C)C)cc(O)c(C)c2O)C1O)OC. The second-order valence-corrected chi connectivity index (χ2v) is 8.55. The van der Waals surface area contributed by atoms with Gasteiger partial charge in [-0.1, -0.05) is 18.9 Å². The topological polar surface area (TPSA) is 164 Å². The van der Waals surface area contributed by atoms with Crippen LogP contribution >= 0.6 is 0 Å². The predicted molar refractivity (Wildman–Crippen MR) is 134 cm³/mol. The van der Waals surface area contributed by atoms with E-state index in [0.29, 0.717) is 5.76 Å². The Morgan fingerprint density at radius 1 is 1.00 bits per heavy atom. The van der Waals surface area contributed by atoms with Gasteiger partial charge < -0.3 is 45.4 Å². The van der Waals surface area contributed by atoms with Crippen LogP contribution in [0.4, 0.5) is 11.4 Å². The van der Waals surface area contributed by atoms with E-state index in [0.717, 1.165) is 6.40 Å². The standard InChI is InChI=1S/C26H30N2O8/c1-7-18(35-6)28-15-9-17(30)13(5)24(32)20(15)22-25(33)21(26(22)34)19-14(27-10-36-11(2)3)8-16(29)12(4)23(19)31/h8-10,21-22,25-26,28-34H,1-2H2,3-6H3. The summed E-state index contributed by atoms with van der Waals surface area (Å²) in [6.07, 6.45) is -1.55. The summed E-state index contributed by atoms with van der Waals surface area (Å²) >= 11 is 0. The summed E-state index contributed by atoms with van der Waals surface area (Å²) in [7, 11) is 1.37. The lowest BCUT2D eigenvalue weighted by Crippen LogP contribution is -2.52. The lowest BCUT2D eigenvalue weighted by Gasteiger charge is -2.48. The molecule has 36 heavy (non-hydrogen) atoms. The monoisotopic (exact) mass is 498 g/mol. The summed E-state index contributed by atoms with van der Waals surface area (Å²) in [4.78, 5) is 4.12. The quantitative estimate of drug-likeness (QED) is 0.125. The summed E-state index contributed by atoms with van der Waals surface area (Å²) in [5.74, 6) is -2.77. The van der Waals surface area contributed by atoms with Crippen LogP contribution in [0.2, 0.25) is 0 Å². The van der Waals surface area contributed by atoms with Gasteiger partial charge in [0.15, 0.2) is 6.40 Å². The van der Waals surface area contributed by atoms with E-state index in [-0.39, 0.29) is 62.5 Å². The van der Waals surface area contributed by atoms with E-state index in [9.17, 15) is 30.6 Å². The first-order valence-electron chi connectivity index (χ1n) is 11.0. The number of hydrogen-bond donors (Lipinski definition) is 7. The lowest BCUT2D eigenvalue weighted by molar-refractivity contribution is -0.0794. The first kappa shape index (κ1) is 26.5. The molecule has 0 aromatic heterocycles. The van der Waals surface area contributed by atoms with Crippen molar-refractivity contribution in [2.24, 2.45) is 4.99 Å². The molecule has 1 saturated carbocycles. The highest BCUT2D eigenvalue weighted by Crippen LogP contribution is 2.57. The van der Waals surface area contributed by atoms with Gasteiger partial charge >= 0.3 is 0 Å². The van der Waals surface area contributed by atoms with Crippen LogP contribution in [0.1, 0.15) is 41.0 Å². The average molecular weight is 499 g/mol. The van der Waals surface area contributed by atoms with Crippen LogP contribution in [0.15, 0.2) is 47.7 Å². The van der Waals surface area contributed by atoms with Gasteiger partial charge in [0.1, 0.15) is 23.0 Å². The molecule has 0 spiro atoms. The van der Waals surface area contributed by atoms with E-state index >= 15 is 0 Å². The van der Waals surface area contributed by atoms with E-state index in [1.807, 2.05) is 0 Å². The van der Waals surface area contributed by atoms with Gasteiger partial charge in [-0.2, -0.15) is 0 Å². The zero-order valence-corrected chi connectivity index (χ0v) is 20.4. The van der Waals surface area contributed by atoms with Crippen LogP contribution < -0.4 is 5.32 Å². The number of anilines is 1. The van der Waals surface area contributed by atoms with Crippen molar-refractivity contribution in [3.05, 3.63) is 64.9 Å². The largest absolute Gasteiger partial charge is 0.507 e. The van der Waals surface area contributed by atoms with Crippen LogP contribution in [0.5, 0.6) is 23.0 Å². The number of aliphatic imine (C=N–C) groups is 1. The molecular weight excluding hydrogens is 468 g/mol. The van der Waals surface area contributed by atoms with Crippen molar-refractivity contribution >= 4 is 17.8 Å². The normalized spacial score (nSPS) is 20.9. The Morgan fingerprint density at radius 3 is 2.06 bits per heavy atom. The lowest BCUT2D eigenvalue weighted by atomic mass is 9.62. The van der Waals surface area contributed by atoms with Crippen molar-refractivity contribution in [3.8, 4) is 23.0 Å². The fraction of sp³-hybridized carbons (Fsp3) is 0.308. The number of benzene rings is 2. The number of hydrogen-bond acceptors (Lipinski definition) is 10. The molecule has 1 fully saturated rings. The zero-order chi connectivity index (χ0) is 26.9. The summed E-state index contributed by atoms with van der Waals surface area (Å²) in [6.45, 7) is 11.7. The highest BCUT2D eigenvalue weighted by atomic mass is 16.5. The summed E-state index contributed by atoms with van der Waals surface area (Å²) < 4.78 is 10.2. The summed E-state index contributed by atoms with van der Waals surface area (Å²) in [5.41, 5.74) is 3.24. The maximum absolute atomic E-state index is 11.2. The first-order valence-corrected chi connectivity index (χ1v) is 11.0. The second kappa shape index (κ2) is 10.2. The van der Waals surface area contributed by atoms with Crippen LogP contribution in [-0.2, 0) is 9.47 Å². The maximum atomic E-state index is 11.2. The van der Waals surface area contributed by atoms with Gasteiger partial charge in [0.25, 0.3) is 0 Å². The van der Waals surface area contributed by atoms with Gasteiger partial charge in [-0.05, 0) is 20.8 Å². The minimum atomic E-state index is -1.31. The van der Waals surface area contributed by atoms with E-state index < -0.39 is 24.0 Å². The molecule has 0 bridgehead atoms. The molecule has 7 N–H and O–H groups in total. The van der Waals surface area contributed by atoms with Gasteiger partial charge in [-0.15, -0.1) is 0 Å². The fourth-order valence-corrected chi connectivity index (χ4v) is 4.26. The maximum Gasteiger partial charge on any atom is 0.236 e. The van der Waals surface area contributed by atoms with Crippen LogP contribution in [0.3, 0.4) is 0 Å². The third-order valence-corrected chi connectivity index (χ3v) is 6.31. The Hall–Kier alpha value is -4.11. The highest BCUT2D eigenvalue weighted by Gasteiger charge is 2.54. The Balaban J connectivity index is 2.11. The van der Waals surface area contributed by atoms with Gasteiger partial charge in [0.05, 0.1) is 36.5 Å². The van der Waals surface area contributed by atoms with E-state index in [1.165, 1.54) is 33.1 Å². The Bertz CT molecular complexity index is 1270. The second-order valence-electron chi connectivity index (χ2n) is 8.55.